The molecule has 1 atom stereocenters. The second kappa shape index (κ2) is 12.6. The molecule has 1 aliphatic carbocycles. The number of rotatable bonds is 14. The fourth-order valence-electron chi connectivity index (χ4n) is 4.00. The zero-order valence-electron chi connectivity index (χ0n) is 19.0. The van der Waals surface area contributed by atoms with Gasteiger partial charge in [-0.1, -0.05) is 6.07 Å². The standard InChI is InChI=1S/C23H36N4O5/c1-31-15-16-32-23(30)26-20(22(28)29)11-14-27(19-9-10-19)13-3-2-6-18-8-7-17-5-4-12-24-21(17)25-18/h7-8,19-20H,2-6,9-16H2,1H3,(H,24,25)(H,26,30)(H,28,29)/t20-/m0/s1. The molecule has 1 amide bonds. The van der Waals surface area contributed by atoms with E-state index in [1.165, 1.54) is 12.7 Å². The molecule has 0 aromatic carbocycles. The second-order valence-electron chi connectivity index (χ2n) is 8.52. The van der Waals surface area contributed by atoms with Gasteiger partial charge >= 0.3 is 12.1 Å². The third-order valence-electron chi connectivity index (χ3n) is 5.96. The Morgan fingerprint density at radius 1 is 1.28 bits per heavy atom. The van der Waals surface area contributed by atoms with Crippen molar-refractivity contribution < 1.29 is 24.2 Å². The Morgan fingerprint density at radius 2 is 2.12 bits per heavy atom. The summed E-state index contributed by atoms with van der Waals surface area (Å²) in [5, 5.41) is 15.3. The summed E-state index contributed by atoms with van der Waals surface area (Å²) < 4.78 is 9.74. The lowest BCUT2D eigenvalue weighted by Gasteiger charge is -2.24. The van der Waals surface area contributed by atoms with E-state index in [1.807, 2.05) is 0 Å². The van der Waals surface area contributed by atoms with Gasteiger partial charge in [0.15, 0.2) is 0 Å². The number of hydrogen-bond donors (Lipinski definition) is 3. The van der Waals surface area contributed by atoms with E-state index in [0.717, 1.165) is 69.5 Å². The van der Waals surface area contributed by atoms with E-state index in [2.05, 4.69) is 27.7 Å². The van der Waals surface area contributed by atoms with E-state index < -0.39 is 18.1 Å². The van der Waals surface area contributed by atoms with Gasteiger partial charge in [0.2, 0.25) is 0 Å². The highest BCUT2D eigenvalue weighted by molar-refractivity contribution is 5.79. The summed E-state index contributed by atoms with van der Waals surface area (Å²) in [4.78, 5) is 30.5. The maximum Gasteiger partial charge on any atom is 0.407 e. The third-order valence-corrected chi connectivity index (χ3v) is 5.96. The van der Waals surface area contributed by atoms with Gasteiger partial charge in [0.25, 0.3) is 0 Å². The molecule has 2 heterocycles. The minimum Gasteiger partial charge on any atom is -0.480 e. The van der Waals surface area contributed by atoms with Crippen LogP contribution in [0.1, 0.15) is 49.8 Å². The largest absolute Gasteiger partial charge is 0.480 e. The quantitative estimate of drug-likeness (QED) is 0.372. The number of fused-ring (bicyclic) bond motifs is 1. The number of carboxylic acids is 1. The lowest BCUT2D eigenvalue weighted by molar-refractivity contribution is -0.139. The Balaban J connectivity index is 1.39. The predicted molar refractivity (Wildman–Crippen MR) is 121 cm³/mol. The molecule has 0 radical (unpaired) electrons. The van der Waals surface area contributed by atoms with Crippen molar-refractivity contribution in [2.75, 3.05) is 45.3 Å². The Hall–Kier alpha value is -2.39. The van der Waals surface area contributed by atoms with Gasteiger partial charge in [0.05, 0.1) is 6.61 Å². The number of aryl methyl sites for hydroxylation is 2. The number of hydrogen-bond acceptors (Lipinski definition) is 7. The predicted octanol–water partition coefficient (Wildman–Crippen LogP) is 2.44. The van der Waals surface area contributed by atoms with Crippen molar-refractivity contribution in [1.29, 1.82) is 0 Å². The summed E-state index contributed by atoms with van der Waals surface area (Å²) in [5.74, 6) is -0.00199. The van der Waals surface area contributed by atoms with Crippen LogP contribution in [0.4, 0.5) is 10.6 Å². The zero-order chi connectivity index (χ0) is 22.8. The van der Waals surface area contributed by atoms with E-state index in [9.17, 15) is 14.7 Å². The molecule has 9 heteroatoms. The third kappa shape index (κ3) is 7.94. The summed E-state index contributed by atoms with van der Waals surface area (Å²) in [5.41, 5.74) is 2.43. The van der Waals surface area contributed by atoms with Crippen LogP contribution in [0.25, 0.3) is 0 Å². The lowest BCUT2D eigenvalue weighted by atomic mass is 10.1. The first-order valence-corrected chi connectivity index (χ1v) is 11.7. The van der Waals surface area contributed by atoms with Gasteiger partial charge in [-0.2, -0.15) is 0 Å². The molecule has 0 saturated heterocycles. The smallest absolute Gasteiger partial charge is 0.407 e. The number of unbranched alkanes of at least 4 members (excludes halogenated alkanes) is 1. The average Bonchev–Trinajstić information content (AvgIpc) is 3.63. The summed E-state index contributed by atoms with van der Waals surface area (Å²) in [6, 6.07) is 3.90. The molecule has 1 aromatic rings. The summed E-state index contributed by atoms with van der Waals surface area (Å²) in [6.07, 6.45) is 7.23. The van der Waals surface area contributed by atoms with E-state index in [0.29, 0.717) is 19.0 Å². The number of pyridine rings is 1. The van der Waals surface area contributed by atoms with E-state index in [4.69, 9.17) is 14.5 Å². The highest BCUT2D eigenvalue weighted by atomic mass is 16.6. The maximum atomic E-state index is 11.8. The Morgan fingerprint density at radius 3 is 2.88 bits per heavy atom. The Bertz CT molecular complexity index is 756. The number of nitrogens with one attached hydrogen (secondary N) is 2. The highest BCUT2D eigenvalue weighted by Gasteiger charge is 2.30. The number of aromatic nitrogens is 1. The average molecular weight is 449 g/mol. The first-order chi connectivity index (χ1) is 15.6. The van der Waals surface area contributed by atoms with E-state index in [1.54, 1.807) is 0 Å². The maximum absolute atomic E-state index is 11.8. The van der Waals surface area contributed by atoms with Crippen molar-refractivity contribution in [2.45, 2.75) is 63.5 Å². The van der Waals surface area contributed by atoms with Gasteiger partial charge in [0.1, 0.15) is 18.5 Å². The topological polar surface area (TPSA) is 113 Å². The number of aliphatic carboxylic acids is 1. The Kier molecular flexibility index (Phi) is 9.55. The molecule has 178 valence electrons. The van der Waals surface area contributed by atoms with Crippen LogP contribution in [0.2, 0.25) is 0 Å². The van der Waals surface area contributed by atoms with E-state index >= 15 is 0 Å². The van der Waals surface area contributed by atoms with Gasteiger partial charge in [-0.25, -0.2) is 14.6 Å². The van der Waals surface area contributed by atoms with Crippen LogP contribution in [0.3, 0.4) is 0 Å². The first kappa shape index (κ1) is 24.3. The van der Waals surface area contributed by atoms with Gasteiger partial charge in [-0.15, -0.1) is 0 Å². The molecule has 0 bridgehead atoms. The van der Waals surface area contributed by atoms with Crippen molar-refractivity contribution in [3.63, 3.8) is 0 Å². The van der Waals surface area contributed by atoms with Gasteiger partial charge < -0.3 is 30.1 Å². The van der Waals surface area contributed by atoms with Crippen LogP contribution >= 0.6 is 0 Å². The second-order valence-corrected chi connectivity index (χ2v) is 8.52. The highest BCUT2D eigenvalue weighted by Crippen LogP contribution is 2.27. The number of carbonyl (C=O) groups excluding carboxylic acids is 1. The number of carboxylic acid groups (broad SMARTS) is 1. The number of ether oxygens (including phenoxy) is 2. The normalized spacial score (nSPS) is 16.2. The monoisotopic (exact) mass is 448 g/mol. The number of amides is 1. The molecule has 1 saturated carbocycles. The summed E-state index contributed by atoms with van der Waals surface area (Å²) in [6.45, 7) is 2.94. The van der Waals surface area contributed by atoms with Crippen LogP contribution in [-0.2, 0) is 27.1 Å². The van der Waals surface area contributed by atoms with Crippen LogP contribution in [-0.4, -0.2) is 79.1 Å². The molecule has 9 nitrogen and oxygen atoms in total. The SMILES string of the molecule is COCCOC(=O)N[C@@H](CCN(CCCCc1ccc2c(n1)NCCC2)C1CC1)C(=O)O. The van der Waals surface area contributed by atoms with Crippen LogP contribution < -0.4 is 10.6 Å². The van der Waals surface area contributed by atoms with Crippen molar-refractivity contribution >= 4 is 17.9 Å². The zero-order valence-corrected chi connectivity index (χ0v) is 19.0. The summed E-state index contributed by atoms with van der Waals surface area (Å²) >= 11 is 0. The molecule has 32 heavy (non-hydrogen) atoms. The molecule has 2 aliphatic rings. The molecule has 1 aromatic heterocycles. The molecule has 0 spiro atoms. The fraction of sp³-hybridized carbons (Fsp3) is 0.696. The fourth-order valence-corrected chi connectivity index (χ4v) is 4.00. The number of nitrogens with zero attached hydrogens (tertiary/aromatic N) is 2. The van der Waals surface area contributed by atoms with Crippen molar-refractivity contribution in [1.82, 2.24) is 15.2 Å². The number of methoxy groups -OCH3 is 1. The summed E-state index contributed by atoms with van der Waals surface area (Å²) in [7, 11) is 1.51. The van der Waals surface area contributed by atoms with Gasteiger partial charge in [-0.3, -0.25) is 0 Å². The van der Waals surface area contributed by atoms with Crippen LogP contribution in [0.5, 0.6) is 0 Å². The number of alkyl carbamates (subject to hydrolysis) is 1. The van der Waals surface area contributed by atoms with Gasteiger partial charge in [0, 0.05) is 31.9 Å². The number of anilines is 1. The van der Waals surface area contributed by atoms with Gasteiger partial charge in [-0.05, 0) is 69.5 Å². The van der Waals surface area contributed by atoms with Crippen molar-refractivity contribution in [3.05, 3.63) is 23.4 Å². The molecule has 3 N–H and O–H groups in total. The molecule has 1 fully saturated rings. The minimum absolute atomic E-state index is 0.0952. The molecule has 1 aliphatic heterocycles. The van der Waals surface area contributed by atoms with E-state index in [-0.39, 0.29) is 13.2 Å². The lowest BCUT2D eigenvalue weighted by Crippen LogP contribution is -2.44. The molecule has 0 unspecified atom stereocenters. The Labute approximate surface area is 189 Å². The molecular formula is C23H36N4O5. The molecule has 3 rings (SSSR count). The molecular weight excluding hydrogens is 412 g/mol. The number of carbonyl (C=O) groups is 2. The van der Waals surface area contributed by atoms with Crippen molar-refractivity contribution in [3.8, 4) is 0 Å². The van der Waals surface area contributed by atoms with Crippen LogP contribution in [0, 0.1) is 0 Å². The van der Waals surface area contributed by atoms with Crippen molar-refractivity contribution in [2.24, 2.45) is 0 Å². The minimum atomic E-state index is -1.04. The first-order valence-electron chi connectivity index (χ1n) is 11.7. The van der Waals surface area contributed by atoms with Crippen LogP contribution in [0.15, 0.2) is 12.1 Å².